The molecule has 0 bridgehead atoms. The van der Waals surface area contributed by atoms with Gasteiger partial charge in [0.15, 0.2) is 0 Å². The highest BCUT2D eigenvalue weighted by molar-refractivity contribution is 6.08. The highest BCUT2D eigenvalue weighted by Gasteiger charge is 2.52. The molecule has 0 spiro atoms. The summed E-state index contributed by atoms with van der Waals surface area (Å²) in [5.41, 5.74) is 2.95. The fraction of sp³-hybridized carbons (Fsp3) is 0.946. The summed E-state index contributed by atoms with van der Waals surface area (Å²) in [6.45, 7) is 7.66. The van der Waals surface area contributed by atoms with Gasteiger partial charge >= 0.3 is 0 Å². The highest BCUT2D eigenvalue weighted by atomic mass is 35.5. The summed E-state index contributed by atoms with van der Waals surface area (Å²) in [6.07, 6.45) is 33.3. The van der Waals surface area contributed by atoms with Crippen LogP contribution in [0.1, 0.15) is 207 Å². The lowest BCUT2D eigenvalue weighted by Crippen LogP contribution is -2.58. The topological polar surface area (TPSA) is 80.4 Å². The number of hydrogen-bond acceptors (Lipinski definition) is 4. The zero-order valence-electron chi connectivity index (χ0n) is 28.8. The molecule has 0 aliphatic rings. The Labute approximate surface area is 268 Å². The number of unbranched alkanes of at least 4 members (excludes halogenated alkanes) is 24. The van der Waals surface area contributed by atoms with Gasteiger partial charge in [-0.2, -0.15) is 0 Å². The van der Waals surface area contributed by atoms with E-state index in [4.69, 9.17) is 5.73 Å². The fourth-order valence-corrected chi connectivity index (χ4v) is 6.07. The predicted molar refractivity (Wildman–Crippen MR) is 186 cm³/mol. The number of aliphatic hydroxyl groups is 1. The van der Waals surface area contributed by atoms with Crippen molar-refractivity contribution in [3.63, 3.8) is 0 Å². The maximum absolute atomic E-state index is 13.3. The third-order valence-corrected chi connectivity index (χ3v) is 9.60. The van der Waals surface area contributed by atoms with Crippen LogP contribution in [-0.2, 0) is 9.59 Å². The Hall–Kier alpha value is -0.450. The first-order valence-corrected chi connectivity index (χ1v) is 18.3. The van der Waals surface area contributed by atoms with E-state index in [1.54, 1.807) is 13.8 Å². The lowest BCUT2D eigenvalue weighted by atomic mass is 9.66. The van der Waals surface area contributed by atoms with Gasteiger partial charge in [0.2, 0.25) is 0 Å². The molecule has 4 nitrogen and oxygen atoms in total. The molecule has 0 aromatic heterocycles. The van der Waals surface area contributed by atoms with Crippen LogP contribution in [0.15, 0.2) is 0 Å². The first-order valence-electron chi connectivity index (χ1n) is 18.3. The average Bonchev–Trinajstić information content (AvgIpc) is 2.96. The van der Waals surface area contributed by atoms with Crippen LogP contribution in [0.5, 0.6) is 0 Å². The molecule has 5 heteroatoms. The molecule has 0 saturated carbocycles. The van der Waals surface area contributed by atoms with Crippen molar-refractivity contribution < 1.29 is 14.7 Å². The minimum Gasteiger partial charge on any atom is -0.387 e. The zero-order chi connectivity index (χ0) is 30.7. The van der Waals surface area contributed by atoms with Gasteiger partial charge in [0.05, 0.1) is 5.60 Å². The quantitative estimate of drug-likeness (QED) is 0.0582. The molecule has 0 fully saturated rings. The number of carbonyl (C=O) groups excluding carboxylic acids is 2. The summed E-state index contributed by atoms with van der Waals surface area (Å²) >= 11 is 0. The van der Waals surface area contributed by atoms with Crippen LogP contribution in [-0.4, -0.2) is 28.8 Å². The molecule has 1 unspecified atom stereocenters. The highest BCUT2D eigenvalue weighted by Crippen LogP contribution is 2.36. The molecular formula is C37H74ClNO3. The smallest absolute Gasteiger partial charge is 0.149 e. The van der Waals surface area contributed by atoms with E-state index in [1.807, 2.05) is 0 Å². The second-order valence-electron chi connectivity index (χ2n) is 13.4. The summed E-state index contributed by atoms with van der Waals surface area (Å²) in [4.78, 5) is 26.6. The molecule has 0 aliphatic carbocycles. The van der Waals surface area contributed by atoms with Crippen molar-refractivity contribution in [2.45, 2.75) is 213 Å². The van der Waals surface area contributed by atoms with Crippen LogP contribution in [0.3, 0.4) is 0 Å². The van der Waals surface area contributed by atoms with Crippen molar-refractivity contribution in [2.24, 2.45) is 11.1 Å². The van der Waals surface area contributed by atoms with Gasteiger partial charge in [0.1, 0.15) is 17.0 Å². The number of Topliss-reactive ketones (excluding diaryl/α,β-unsaturated/α-hetero) is 2. The van der Waals surface area contributed by atoms with Gasteiger partial charge in [-0.25, -0.2) is 0 Å². The molecular weight excluding hydrogens is 542 g/mol. The molecule has 0 aliphatic heterocycles. The summed E-state index contributed by atoms with van der Waals surface area (Å²) in [6, 6.07) is 0. The van der Waals surface area contributed by atoms with Crippen LogP contribution >= 0.6 is 12.4 Å². The van der Waals surface area contributed by atoms with E-state index < -0.39 is 11.0 Å². The number of hydrogen-bond donors (Lipinski definition) is 2. The Morgan fingerprint density at radius 2 is 0.690 bits per heavy atom. The fourth-order valence-electron chi connectivity index (χ4n) is 6.07. The second kappa shape index (κ2) is 29.3. The maximum atomic E-state index is 13.3. The lowest BCUT2D eigenvalue weighted by Gasteiger charge is -2.39. The van der Waals surface area contributed by atoms with E-state index in [9.17, 15) is 14.7 Å². The van der Waals surface area contributed by atoms with Gasteiger partial charge in [0, 0.05) is 19.4 Å². The van der Waals surface area contributed by atoms with Gasteiger partial charge in [-0.05, 0) is 26.7 Å². The zero-order valence-corrected chi connectivity index (χ0v) is 29.6. The molecule has 0 radical (unpaired) electrons. The Morgan fingerprint density at radius 3 is 0.905 bits per heavy atom. The van der Waals surface area contributed by atoms with E-state index in [1.165, 1.54) is 128 Å². The van der Waals surface area contributed by atoms with Gasteiger partial charge in [-0.15, -0.1) is 12.4 Å². The van der Waals surface area contributed by atoms with E-state index in [0.29, 0.717) is 12.8 Å². The number of halogens is 1. The molecule has 0 rings (SSSR count). The van der Waals surface area contributed by atoms with Crippen molar-refractivity contribution >= 4 is 24.0 Å². The molecule has 0 amide bonds. The second-order valence-corrected chi connectivity index (χ2v) is 13.4. The summed E-state index contributed by atoms with van der Waals surface area (Å²) in [5, 5.41) is 11.0. The standard InChI is InChI=1S/C37H73NO3.ClH/c1-5-7-9-11-13-15-17-19-21-23-25-27-29-31-34(39)37(4,36(3,41)33-38)35(40)32-30-28-26-24-22-20-18-16-14-12-10-8-6-2;/h41H,5-33,38H2,1-4H3;1H. The van der Waals surface area contributed by atoms with Gasteiger partial charge in [0.25, 0.3) is 0 Å². The van der Waals surface area contributed by atoms with Crippen molar-refractivity contribution in [1.29, 1.82) is 0 Å². The van der Waals surface area contributed by atoms with Crippen molar-refractivity contribution in [2.75, 3.05) is 6.54 Å². The van der Waals surface area contributed by atoms with Crippen LogP contribution in [0.25, 0.3) is 0 Å². The first kappa shape index (κ1) is 43.7. The number of carbonyl (C=O) groups is 2. The van der Waals surface area contributed by atoms with Gasteiger partial charge in [-0.3, -0.25) is 9.59 Å². The summed E-state index contributed by atoms with van der Waals surface area (Å²) in [5.74, 6) is -0.258. The molecule has 1 atom stereocenters. The molecule has 0 heterocycles. The minimum absolute atomic E-state index is 0. The lowest BCUT2D eigenvalue weighted by molar-refractivity contribution is -0.156. The number of rotatable bonds is 32. The van der Waals surface area contributed by atoms with E-state index in [-0.39, 0.29) is 30.5 Å². The Bertz CT molecular complexity index is 580. The van der Waals surface area contributed by atoms with Crippen LogP contribution in [0.2, 0.25) is 0 Å². The van der Waals surface area contributed by atoms with Crippen molar-refractivity contribution in [3.8, 4) is 0 Å². The van der Waals surface area contributed by atoms with E-state index in [0.717, 1.165) is 38.5 Å². The maximum Gasteiger partial charge on any atom is 0.149 e. The largest absolute Gasteiger partial charge is 0.387 e. The molecule has 3 N–H and O–H groups in total. The summed E-state index contributed by atoms with van der Waals surface area (Å²) in [7, 11) is 0. The SMILES string of the molecule is CCCCCCCCCCCCCCCC(=O)C(C)(C(=O)CCCCCCCCCCCCCCC)C(C)(O)CN.Cl. The number of nitrogens with two attached hydrogens (primary N) is 1. The third kappa shape index (κ3) is 20.5. The number of ketones is 2. The Morgan fingerprint density at radius 1 is 0.476 bits per heavy atom. The third-order valence-electron chi connectivity index (χ3n) is 9.60. The predicted octanol–water partition coefficient (Wildman–Crippen LogP) is 11.2. The van der Waals surface area contributed by atoms with Crippen LogP contribution < -0.4 is 5.73 Å². The molecule has 252 valence electrons. The summed E-state index contributed by atoms with van der Waals surface area (Å²) < 4.78 is 0. The van der Waals surface area contributed by atoms with Crippen molar-refractivity contribution in [1.82, 2.24) is 0 Å². The van der Waals surface area contributed by atoms with Crippen LogP contribution in [0, 0.1) is 5.41 Å². The van der Waals surface area contributed by atoms with Gasteiger partial charge < -0.3 is 10.8 Å². The Balaban J connectivity index is 0. The van der Waals surface area contributed by atoms with Crippen molar-refractivity contribution in [3.05, 3.63) is 0 Å². The molecule has 0 saturated heterocycles. The molecule has 0 aromatic carbocycles. The van der Waals surface area contributed by atoms with E-state index in [2.05, 4.69) is 13.8 Å². The minimum atomic E-state index is -1.51. The molecule has 0 aromatic rings. The molecule has 42 heavy (non-hydrogen) atoms. The first-order chi connectivity index (χ1) is 19.8. The van der Waals surface area contributed by atoms with Crippen LogP contribution in [0.4, 0.5) is 0 Å². The Kier molecular flexibility index (Phi) is 30.4. The van der Waals surface area contributed by atoms with E-state index >= 15 is 0 Å². The normalized spacial score (nSPS) is 13.1. The average molecular weight is 616 g/mol. The van der Waals surface area contributed by atoms with Gasteiger partial charge in [-0.1, -0.05) is 168 Å². The monoisotopic (exact) mass is 616 g/mol.